The average molecular weight is 252 g/mol. The first kappa shape index (κ1) is 10.8. The molecule has 0 spiro atoms. The summed E-state index contributed by atoms with van der Waals surface area (Å²) >= 11 is 5.86. The van der Waals surface area contributed by atoms with Crippen molar-refractivity contribution in [2.45, 2.75) is 19.8 Å². The van der Waals surface area contributed by atoms with Crippen LogP contribution in [0, 0.1) is 11.8 Å². The Morgan fingerprint density at radius 2 is 2.35 bits per heavy atom. The van der Waals surface area contributed by atoms with Gasteiger partial charge in [0, 0.05) is 6.54 Å². The second-order valence-corrected chi connectivity index (χ2v) is 5.01. The third kappa shape index (κ3) is 2.20. The zero-order valence-electron chi connectivity index (χ0n) is 9.57. The van der Waals surface area contributed by atoms with Crippen LogP contribution in [0.3, 0.4) is 0 Å². The monoisotopic (exact) mass is 251 g/mol. The number of H-pyrrole nitrogens is 1. The van der Waals surface area contributed by atoms with Crippen LogP contribution in [0.15, 0.2) is 6.20 Å². The van der Waals surface area contributed by atoms with Gasteiger partial charge in [-0.25, -0.2) is 0 Å². The highest BCUT2D eigenvalue weighted by molar-refractivity contribution is 6.28. The predicted molar refractivity (Wildman–Crippen MR) is 67.1 cm³/mol. The van der Waals surface area contributed by atoms with E-state index in [2.05, 4.69) is 32.4 Å². The van der Waals surface area contributed by atoms with E-state index in [4.69, 9.17) is 11.6 Å². The summed E-state index contributed by atoms with van der Waals surface area (Å²) < 4.78 is 0. The van der Waals surface area contributed by atoms with Crippen LogP contribution < -0.4 is 5.32 Å². The molecule has 1 unspecified atom stereocenters. The SMILES string of the molecule is CC(CNc1nc(Cl)nc2[nH]ncc12)C1CC1. The molecule has 2 aromatic heterocycles. The van der Waals surface area contributed by atoms with E-state index in [1.165, 1.54) is 12.8 Å². The Hall–Kier alpha value is -1.36. The van der Waals surface area contributed by atoms with Crippen molar-refractivity contribution in [3.63, 3.8) is 0 Å². The highest BCUT2D eigenvalue weighted by atomic mass is 35.5. The maximum Gasteiger partial charge on any atom is 0.226 e. The third-order valence-corrected chi connectivity index (χ3v) is 3.47. The molecule has 17 heavy (non-hydrogen) atoms. The minimum Gasteiger partial charge on any atom is -0.369 e. The number of fused-ring (bicyclic) bond motifs is 1. The summed E-state index contributed by atoms with van der Waals surface area (Å²) in [6.07, 6.45) is 4.43. The predicted octanol–water partition coefficient (Wildman–Crippen LogP) is 2.46. The zero-order chi connectivity index (χ0) is 11.8. The molecule has 1 fully saturated rings. The second-order valence-electron chi connectivity index (χ2n) is 4.67. The van der Waals surface area contributed by atoms with E-state index in [-0.39, 0.29) is 5.28 Å². The largest absolute Gasteiger partial charge is 0.369 e. The van der Waals surface area contributed by atoms with E-state index in [0.717, 1.165) is 23.7 Å². The Kier molecular flexibility index (Phi) is 2.63. The summed E-state index contributed by atoms with van der Waals surface area (Å²) in [5, 5.41) is 11.2. The molecule has 2 heterocycles. The van der Waals surface area contributed by atoms with Gasteiger partial charge >= 0.3 is 0 Å². The standard InChI is InChI=1S/C11H14ClN5/c1-6(7-2-3-7)4-13-9-8-5-14-17-10(8)16-11(12)15-9/h5-7H,2-4H2,1H3,(H2,13,14,15,16,17). The number of rotatable bonds is 4. The molecule has 1 aliphatic carbocycles. The number of nitrogens with zero attached hydrogens (tertiary/aromatic N) is 3. The van der Waals surface area contributed by atoms with Crippen LogP contribution in [0.4, 0.5) is 5.82 Å². The Morgan fingerprint density at radius 1 is 1.53 bits per heavy atom. The lowest BCUT2D eigenvalue weighted by Gasteiger charge is -2.12. The fourth-order valence-electron chi connectivity index (χ4n) is 2.03. The fourth-order valence-corrected chi connectivity index (χ4v) is 2.20. The molecule has 0 amide bonds. The lowest BCUT2D eigenvalue weighted by Crippen LogP contribution is -2.14. The number of nitrogens with one attached hydrogen (secondary N) is 2. The Labute approximate surface area is 104 Å². The van der Waals surface area contributed by atoms with E-state index in [9.17, 15) is 0 Å². The van der Waals surface area contributed by atoms with E-state index in [1.54, 1.807) is 6.20 Å². The van der Waals surface area contributed by atoms with E-state index >= 15 is 0 Å². The first-order valence-corrected chi connectivity index (χ1v) is 6.22. The van der Waals surface area contributed by atoms with Gasteiger partial charge in [-0.15, -0.1) is 0 Å². The maximum absolute atomic E-state index is 5.86. The highest BCUT2D eigenvalue weighted by Gasteiger charge is 2.27. The maximum atomic E-state index is 5.86. The molecule has 0 aliphatic heterocycles. The van der Waals surface area contributed by atoms with Crippen LogP contribution in [0.25, 0.3) is 11.0 Å². The van der Waals surface area contributed by atoms with Crippen LogP contribution >= 0.6 is 11.6 Å². The minimum absolute atomic E-state index is 0.239. The number of aromatic amines is 1. The van der Waals surface area contributed by atoms with Crippen molar-refractivity contribution in [2.24, 2.45) is 11.8 Å². The molecule has 0 radical (unpaired) electrons. The van der Waals surface area contributed by atoms with Crippen molar-refractivity contribution in [2.75, 3.05) is 11.9 Å². The van der Waals surface area contributed by atoms with Gasteiger partial charge in [-0.1, -0.05) is 6.92 Å². The molecule has 0 bridgehead atoms. The van der Waals surface area contributed by atoms with Crippen molar-refractivity contribution in [3.8, 4) is 0 Å². The van der Waals surface area contributed by atoms with Gasteiger partial charge in [0.25, 0.3) is 0 Å². The van der Waals surface area contributed by atoms with Gasteiger partial charge in [0.05, 0.1) is 11.6 Å². The van der Waals surface area contributed by atoms with Gasteiger partial charge in [0.2, 0.25) is 5.28 Å². The number of aromatic nitrogens is 4. The first-order valence-electron chi connectivity index (χ1n) is 5.84. The zero-order valence-corrected chi connectivity index (χ0v) is 10.3. The van der Waals surface area contributed by atoms with Crippen LogP contribution in [0.1, 0.15) is 19.8 Å². The lowest BCUT2D eigenvalue weighted by molar-refractivity contribution is 0.536. The molecule has 6 heteroatoms. The normalized spacial score (nSPS) is 17.3. The van der Waals surface area contributed by atoms with Crippen molar-refractivity contribution in [1.82, 2.24) is 20.2 Å². The Morgan fingerprint density at radius 3 is 3.12 bits per heavy atom. The van der Waals surface area contributed by atoms with E-state index in [0.29, 0.717) is 11.6 Å². The molecular formula is C11H14ClN5. The number of hydrogen-bond acceptors (Lipinski definition) is 4. The van der Waals surface area contributed by atoms with Gasteiger partial charge < -0.3 is 5.32 Å². The van der Waals surface area contributed by atoms with E-state index in [1.807, 2.05) is 0 Å². The molecule has 90 valence electrons. The topological polar surface area (TPSA) is 66.5 Å². The van der Waals surface area contributed by atoms with Gasteiger partial charge in [0.1, 0.15) is 5.82 Å². The summed E-state index contributed by atoms with van der Waals surface area (Å²) in [4.78, 5) is 8.28. The molecular weight excluding hydrogens is 238 g/mol. The molecule has 3 rings (SSSR count). The van der Waals surface area contributed by atoms with Crippen molar-refractivity contribution < 1.29 is 0 Å². The molecule has 0 saturated heterocycles. The van der Waals surface area contributed by atoms with Crippen LogP contribution in [-0.4, -0.2) is 26.7 Å². The van der Waals surface area contributed by atoms with Gasteiger partial charge in [-0.3, -0.25) is 5.10 Å². The second kappa shape index (κ2) is 4.14. The van der Waals surface area contributed by atoms with Crippen molar-refractivity contribution >= 4 is 28.5 Å². The summed E-state index contributed by atoms with van der Waals surface area (Å²) in [7, 11) is 0. The van der Waals surface area contributed by atoms with E-state index < -0.39 is 0 Å². The molecule has 2 aromatic rings. The fraction of sp³-hybridized carbons (Fsp3) is 0.545. The summed E-state index contributed by atoms with van der Waals surface area (Å²) in [6, 6.07) is 0. The lowest BCUT2D eigenvalue weighted by atomic mass is 10.1. The number of anilines is 1. The molecule has 5 nitrogen and oxygen atoms in total. The van der Waals surface area contributed by atoms with Crippen LogP contribution in [-0.2, 0) is 0 Å². The third-order valence-electron chi connectivity index (χ3n) is 3.30. The van der Waals surface area contributed by atoms with Crippen LogP contribution in [0.5, 0.6) is 0 Å². The number of halogens is 1. The highest BCUT2D eigenvalue weighted by Crippen LogP contribution is 2.36. The first-order chi connectivity index (χ1) is 8.24. The smallest absolute Gasteiger partial charge is 0.226 e. The molecule has 0 aromatic carbocycles. The summed E-state index contributed by atoms with van der Waals surface area (Å²) in [6.45, 7) is 3.18. The molecule has 1 aliphatic rings. The summed E-state index contributed by atoms with van der Waals surface area (Å²) in [5.74, 6) is 2.31. The minimum atomic E-state index is 0.239. The Balaban J connectivity index is 1.80. The number of hydrogen-bond donors (Lipinski definition) is 2. The summed E-state index contributed by atoms with van der Waals surface area (Å²) in [5.41, 5.74) is 0.673. The Bertz CT molecular complexity index is 534. The molecule has 2 N–H and O–H groups in total. The van der Waals surface area contributed by atoms with Crippen molar-refractivity contribution in [3.05, 3.63) is 11.5 Å². The average Bonchev–Trinajstić information content (AvgIpc) is 3.05. The van der Waals surface area contributed by atoms with Gasteiger partial charge in [0.15, 0.2) is 5.65 Å². The van der Waals surface area contributed by atoms with Crippen LogP contribution in [0.2, 0.25) is 5.28 Å². The van der Waals surface area contributed by atoms with Gasteiger partial charge in [-0.2, -0.15) is 15.1 Å². The quantitative estimate of drug-likeness (QED) is 0.820. The van der Waals surface area contributed by atoms with Gasteiger partial charge in [-0.05, 0) is 36.3 Å². The molecule has 1 saturated carbocycles. The van der Waals surface area contributed by atoms with Crippen molar-refractivity contribution in [1.29, 1.82) is 0 Å². The molecule has 1 atom stereocenters.